The molecule has 28 heavy (non-hydrogen) atoms. The molecule has 1 N–H and O–H groups in total. The minimum absolute atomic E-state index is 0.171. The zero-order valence-corrected chi connectivity index (χ0v) is 17.8. The summed E-state index contributed by atoms with van der Waals surface area (Å²) in [7, 11) is 0. The molecule has 8 heteroatoms. The lowest BCUT2D eigenvalue weighted by Crippen LogP contribution is -2.23. The summed E-state index contributed by atoms with van der Waals surface area (Å²) in [6.07, 6.45) is 0. The summed E-state index contributed by atoms with van der Waals surface area (Å²) < 4.78 is 10.9. The maximum Gasteiger partial charge on any atom is 0.273 e. The highest BCUT2D eigenvalue weighted by Gasteiger charge is 2.14. The average molecular weight is 420 g/mol. The fourth-order valence-corrected chi connectivity index (χ4v) is 3.51. The van der Waals surface area contributed by atoms with E-state index in [4.69, 9.17) is 20.9 Å². The van der Waals surface area contributed by atoms with Gasteiger partial charge in [-0.25, -0.2) is 4.98 Å². The number of hydrogen-bond donors (Lipinski definition) is 1. The van der Waals surface area contributed by atoms with Crippen molar-refractivity contribution in [3.8, 4) is 5.75 Å². The first-order chi connectivity index (χ1) is 13.3. The molecule has 2 heterocycles. The van der Waals surface area contributed by atoms with Gasteiger partial charge in [-0.3, -0.25) is 4.79 Å². The summed E-state index contributed by atoms with van der Waals surface area (Å²) in [6.45, 7) is 8.55. The van der Waals surface area contributed by atoms with Crippen LogP contribution in [0.2, 0.25) is 5.02 Å². The molecule has 0 saturated heterocycles. The van der Waals surface area contributed by atoms with Crippen LogP contribution in [0.1, 0.15) is 57.8 Å². The molecule has 0 aliphatic heterocycles. The molecule has 0 fully saturated rings. The molecule has 148 valence electrons. The Morgan fingerprint density at radius 1 is 1.29 bits per heavy atom. The van der Waals surface area contributed by atoms with Gasteiger partial charge in [0.15, 0.2) is 11.5 Å². The zero-order valence-electron chi connectivity index (χ0n) is 16.2. The van der Waals surface area contributed by atoms with E-state index in [0.717, 1.165) is 26.9 Å². The molecule has 0 aliphatic carbocycles. The van der Waals surface area contributed by atoms with Crippen molar-refractivity contribution in [3.05, 3.63) is 61.9 Å². The predicted molar refractivity (Wildman–Crippen MR) is 109 cm³/mol. The largest absolute Gasteiger partial charge is 0.486 e. The Balaban J connectivity index is 1.55. The monoisotopic (exact) mass is 419 g/mol. The maximum atomic E-state index is 12.3. The normalized spacial score (nSPS) is 11.1. The number of benzene rings is 1. The van der Waals surface area contributed by atoms with Crippen LogP contribution in [0.4, 0.5) is 0 Å². The zero-order chi connectivity index (χ0) is 20.3. The second-order valence-corrected chi connectivity index (χ2v) is 8.12. The first-order valence-electron chi connectivity index (χ1n) is 8.91. The van der Waals surface area contributed by atoms with Crippen molar-refractivity contribution in [2.75, 3.05) is 0 Å². The van der Waals surface area contributed by atoms with Gasteiger partial charge in [0, 0.05) is 22.4 Å². The van der Waals surface area contributed by atoms with E-state index < -0.39 is 0 Å². The Bertz CT molecular complexity index is 958. The maximum absolute atomic E-state index is 12.3. The first kappa shape index (κ1) is 20.4. The number of amides is 1. The molecule has 0 spiro atoms. The van der Waals surface area contributed by atoms with Gasteiger partial charge in [-0.1, -0.05) is 30.6 Å². The van der Waals surface area contributed by atoms with Gasteiger partial charge in [-0.15, -0.1) is 11.3 Å². The Morgan fingerprint density at radius 2 is 2.00 bits per heavy atom. The summed E-state index contributed by atoms with van der Waals surface area (Å²) in [5.74, 6) is 1.21. The lowest BCUT2D eigenvalue weighted by Gasteiger charge is -2.08. The summed E-state index contributed by atoms with van der Waals surface area (Å²) in [4.78, 5) is 16.8. The van der Waals surface area contributed by atoms with E-state index in [-0.39, 0.29) is 18.2 Å². The summed E-state index contributed by atoms with van der Waals surface area (Å²) in [5, 5.41) is 10.4. The number of carbonyl (C=O) groups is 1. The van der Waals surface area contributed by atoms with E-state index in [1.807, 2.05) is 31.4 Å². The van der Waals surface area contributed by atoms with Crippen LogP contribution in [0.15, 0.2) is 28.1 Å². The molecule has 1 amide bonds. The Kier molecular flexibility index (Phi) is 6.36. The number of thiazole rings is 1. The number of rotatable bonds is 7. The number of hydrogen-bond acceptors (Lipinski definition) is 6. The van der Waals surface area contributed by atoms with Crippen molar-refractivity contribution in [1.82, 2.24) is 15.5 Å². The highest BCUT2D eigenvalue weighted by atomic mass is 35.5. The lowest BCUT2D eigenvalue weighted by molar-refractivity contribution is 0.0941. The van der Waals surface area contributed by atoms with E-state index >= 15 is 0 Å². The number of nitrogens with one attached hydrogen (secondary N) is 1. The standard InChI is InChI=1S/C20H22ClN3O3S/c1-11(2)20-23-14(10-28-20)8-22-19(25)17-7-16(27-24-17)9-26-15-5-12(3)18(21)13(4)6-15/h5-7,10-11H,8-9H2,1-4H3,(H,22,25). The molecule has 6 nitrogen and oxygen atoms in total. The number of halogens is 1. The van der Waals surface area contributed by atoms with Crippen LogP contribution in [0.5, 0.6) is 5.75 Å². The molecule has 1 aromatic carbocycles. The molecular weight excluding hydrogens is 398 g/mol. The van der Waals surface area contributed by atoms with Gasteiger partial charge < -0.3 is 14.6 Å². The van der Waals surface area contributed by atoms with E-state index in [1.165, 1.54) is 0 Å². The number of carbonyl (C=O) groups excluding carboxylic acids is 1. The Labute approximate surface area is 172 Å². The quantitative estimate of drug-likeness (QED) is 0.580. The van der Waals surface area contributed by atoms with Gasteiger partial charge in [0.2, 0.25) is 0 Å². The Hall–Kier alpha value is -2.38. The topological polar surface area (TPSA) is 77.2 Å². The SMILES string of the molecule is Cc1cc(OCc2cc(C(=O)NCc3csc(C(C)C)n3)no2)cc(C)c1Cl. The van der Waals surface area contributed by atoms with Gasteiger partial charge >= 0.3 is 0 Å². The first-order valence-corrected chi connectivity index (χ1v) is 10.2. The molecule has 0 unspecified atom stereocenters. The highest BCUT2D eigenvalue weighted by Crippen LogP contribution is 2.26. The van der Waals surface area contributed by atoms with Crippen LogP contribution in [-0.2, 0) is 13.2 Å². The van der Waals surface area contributed by atoms with E-state index in [0.29, 0.717) is 24.0 Å². The van der Waals surface area contributed by atoms with Gasteiger partial charge in [-0.2, -0.15) is 0 Å². The van der Waals surface area contributed by atoms with Crippen molar-refractivity contribution in [1.29, 1.82) is 0 Å². The minimum atomic E-state index is -0.313. The fourth-order valence-electron chi connectivity index (χ4n) is 2.56. The van der Waals surface area contributed by atoms with Crippen LogP contribution in [0.3, 0.4) is 0 Å². The van der Waals surface area contributed by atoms with Crippen molar-refractivity contribution in [3.63, 3.8) is 0 Å². The third-order valence-corrected chi connectivity index (χ3v) is 5.87. The molecule has 0 radical (unpaired) electrons. The van der Waals surface area contributed by atoms with Crippen molar-refractivity contribution in [2.24, 2.45) is 0 Å². The van der Waals surface area contributed by atoms with Crippen LogP contribution in [0, 0.1) is 13.8 Å². The van der Waals surface area contributed by atoms with Crippen molar-refractivity contribution < 1.29 is 14.1 Å². The van der Waals surface area contributed by atoms with Crippen molar-refractivity contribution in [2.45, 2.75) is 46.8 Å². The Morgan fingerprint density at radius 3 is 2.64 bits per heavy atom. The average Bonchev–Trinajstić information content (AvgIpc) is 3.32. The molecule has 2 aromatic heterocycles. The molecule has 3 rings (SSSR count). The fraction of sp³-hybridized carbons (Fsp3) is 0.350. The number of aryl methyl sites for hydroxylation is 2. The van der Waals surface area contributed by atoms with Gasteiger partial charge in [0.1, 0.15) is 12.4 Å². The third kappa shape index (κ3) is 4.91. The van der Waals surface area contributed by atoms with E-state index in [1.54, 1.807) is 17.4 Å². The highest BCUT2D eigenvalue weighted by molar-refractivity contribution is 7.09. The molecule has 0 saturated carbocycles. The molecule has 0 atom stereocenters. The second kappa shape index (κ2) is 8.75. The summed E-state index contributed by atoms with van der Waals surface area (Å²) in [5.41, 5.74) is 2.93. The van der Waals surface area contributed by atoms with Gasteiger partial charge in [0.25, 0.3) is 5.91 Å². The molecular formula is C20H22ClN3O3S. The second-order valence-electron chi connectivity index (χ2n) is 6.85. The van der Waals surface area contributed by atoms with Crippen LogP contribution in [-0.4, -0.2) is 16.0 Å². The number of ether oxygens (including phenoxy) is 1. The minimum Gasteiger partial charge on any atom is -0.486 e. The lowest BCUT2D eigenvalue weighted by atomic mass is 10.1. The van der Waals surface area contributed by atoms with Crippen LogP contribution >= 0.6 is 22.9 Å². The van der Waals surface area contributed by atoms with Crippen LogP contribution in [0.25, 0.3) is 0 Å². The smallest absolute Gasteiger partial charge is 0.273 e. The predicted octanol–water partition coefficient (Wildman–Crippen LogP) is 5.03. The van der Waals surface area contributed by atoms with Gasteiger partial charge in [0.05, 0.1) is 17.2 Å². The number of nitrogens with zero attached hydrogens (tertiary/aromatic N) is 2. The van der Waals surface area contributed by atoms with Gasteiger partial charge in [-0.05, 0) is 37.1 Å². The van der Waals surface area contributed by atoms with Crippen LogP contribution < -0.4 is 10.1 Å². The molecule has 0 bridgehead atoms. The van der Waals surface area contributed by atoms with Crippen molar-refractivity contribution >= 4 is 28.8 Å². The summed E-state index contributed by atoms with van der Waals surface area (Å²) >= 11 is 7.76. The number of aromatic nitrogens is 2. The third-order valence-electron chi connectivity index (χ3n) is 4.08. The molecule has 0 aliphatic rings. The van der Waals surface area contributed by atoms with E-state index in [9.17, 15) is 4.79 Å². The van der Waals surface area contributed by atoms with E-state index in [2.05, 4.69) is 29.3 Å². The molecule has 3 aromatic rings. The summed E-state index contributed by atoms with van der Waals surface area (Å²) in [6, 6.07) is 5.29.